The number of likely N-dealkylation sites (tertiary alicyclic amines) is 1. The van der Waals surface area contributed by atoms with Crippen LogP contribution in [0, 0.1) is 5.82 Å². The topological polar surface area (TPSA) is 76.2 Å². The Balaban J connectivity index is 1.49. The highest BCUT2D eigenvalue weighted by atomic mass is 79.9. The first-order valence-corrected chi connectivity index (χ1v) is 13.8. The fraction of sp³-hybridized carbons (Fsp3) is 0.370. The van der Waals surface area contributed by atoms with Gasteiger partial charge >= 0.3 is 0 Å². The highest BCUT2D eigenvalue weighted by molar-refractivity contribution is 9.10. The lowest BCUT2D eigenvalue weighted by molar-refractivity contribution is -0.135. The van der Waals surface area contributed by atoms with Crippen LogP contribution in [0.5, 0.6) is 11.5 Å². The minimum atomic E-state index is -0.487. The Kier molecular flexibility index (Phi) is 9.26. The number of carbonyl (C=O) groups excluding carboxylic acids is 3. The Morgan fingerprint density at radius 3 is 2.57 bits per heavy atom. The summed E-state index contributed by atoms with van der Waals surface area (Å²) in [4.78, 5) is 41.3. The van der Waals surface area contributed by atoms with Gasteiger partial charge in [0.1, 0.15) is 19.0 Å². The van der Waals surface area contributed by atoms with Crippen molar-refractivity contribution in [2.45, 2.75) is 39.2 Å². The molecule has 0 aromatic heterocycles. The molecule has 0 unspecified atom stereocenters. The van der Waals surface area contributed by atoms with Crippen LogP contribution in [-0.2, 0) is 16.2 Å². The Morgan fingerprint density at radius 2 is 1.86 bits per heavy atom. The van der Waals surface area contributed by atoms with Crippen LogP contribution in [0.25, 0.3) is 6.08 Å². The van der Waals surface area contributed by atoms with Crippen molar-refractivity contribution in [3.8, 4) is 11.5 Å². The summed E-state index contributed by atoms with van der Waals surface area (Å²) < 4.78 is 25.8. The number of carbonyl (C=O) groups is 3. The Bertz CT molecular complexity index is 1210. The summed E-state index contributed by atoms with van der Waals surface area (Å²) in [6.45, 7) is 3.42. The standard InChI is InChI=1S/C27H28BrFN2O5S/c1-2-35-22-14-19(13-21(28)25(22)36-17-18-8-7-9-20(29)12-18)15-23-26(33)31(27(34)37-23)16-24(32)30-10-5-3-4-6-11-30/h7-9,12-15H,2-6,10-11,16-17H2,1H3. The van der Waals surface area contributed by atoms with E-state index >= 15 is 0 Å². The van der Waals surface area contributed by atoms with Gasteiger partial charge in [-0.25, -0.2) is 4.39 Å². The first kappa shape index (κ1) is 27.2. The van der Waals surface area contributed by atoms with E-state index in [0.717, 1.165) is 42.3 Å². The SMILES string of the molecule is CCOc1cc(C=C2SC(=O)N(CC(=O)N3CCCCCC3)C2=O)cc(Br)c1OCc1cccc(F)c1. The fourth-order valence-corrected chi connectivity index (χ4v) is 5.61. The molecular weight excluding hydrogens is 563 g/mol. The van der Waals surface area contributed by atoms with Gasteiger partial charge in [-0.3, -0.25) is 19.3 Å². The molecular formula is C27H28BrFN2O5S. The lowest BCUT2D eigenvalue weighted by Crippen LogP contribution is -2.42. The molecule has 4 rings (SSSR count). The Morgan fingerprint density at radius 1 is 1.11 bits per heavy atom. The van der Waals surface area contributed by atoms with E-state index < -0.39 is 11.1 Å². The molecule has 0 spiro atoms. The van der Waals surface area contributed by atoms with Crippen molar-refractivity contribution < 1.29 is 28.2 Å². The fourth-order valence-electron chi connectivity index (χ4n) is 4.20. The largest absolute Gasteiger partial charge is 0.490 e. The van der Waals surface area contributed by atoms with E-state index in [1.165, 1.54) is 12.1 Å². The average molecular weight is 591 g/mol. The molecule has 2 aromatic rings. The van der Waals surface area contributed by atoms with Crippen molar-refractivity contribution in [2.75, 3.05) is 26.2 Å². The zero-order valence-electron chi connectivity index (χ0n) is 20.5. The third-order valence-corrected chi connectivity index (χ3v) is 7.52. The monoisotopic (exact) mass is 590 g/mol. The molecule has 2 aromatic carbocycles. The number of amides is 3. The molecule has 0 aliphatic carbocycles. The minimum Gasteiger partial charge on any atom is -0.490 e. The van der Waals surface area contributed by atoms with E-state index in [1.807, 2.05) is 6.92 Å². The van der Waals surface area contributed by atoms with Gasteiger partial charge in [-0.15, -0.1) is 0 Å². The number of hydrogen-bond acceptors (Lipinski definition) is 6. The van der Waals surface area contributed by atoms with Gasteiger partial charge < -0.3 is 14.4 Å². The second kappa shape index (κ2) is 12.6. The average Bonchev–Trinajstić information content (AvgIpc) is 3.04. The van der Waals surface area contributed by atoms with Gasteiger partial charge in [-0.2, -0.15) is 0 Å². The van der Waals surface area contributed by atoms with Crippen LogP contribution in [0.15, 0.2) is 45.8 Å². The van der Waals surface area contributed by atoms with E-state index in [-0.39, 0.29) is 29.8 Å². The smallest absolute Gasteiger partial charge is 0.294 e. The predicted molar refractivity (Wildman–Crippen MR) is 144 cm³/mol. The molecule has 196 valence electrons. The number of imide groups is 1. The van der Waals surface area contributed by atoms with Crippen LogP contribution in [0.1, 0.15) is 43.7 Å². The zero-order valence-corrected chi connectivity index (χ0v) is 22.9. The number of rotatable bonds is 8. The number of hydrogen-bond donors (Lipinski definition) is 0. The Hall–Kier alpha value is -2.85. The van der Waals surface area contributed by atoms with Crippen molar-refractivity contribution in [3.05, 3.63) is 62.7 Å². The summed E-state index contributed by atoms with van der Waals surface area (Å²) in [7, 11) is 0. The first-order valence-electron chi connectivity index (χ1n) is 12.2. The first-order chi connectivity index (χ1) is 17.9. The third-order valence-electron chi connectivity index (χ3n) is 6.03. The van der Waals surface area contributed by atoms with Gasteiger partial charge in [-0.1, -0.05) is 25.0 Å². The summed E-state index contributed by atoms with van der Waals surface area (Å²) in [6.07, 6.45) is 5.65. The van der Waals surface area contributed by atoms with Crippen LogP contribution in [-0.4, -0.2) is 53.1 Å². The third kappa shape index (κ3) is 6.93. The van der Waals surface area contributed by atoms with Crippen molar-refractivity contribution in [2.24, 2.45) is 0 Å². The van der Waals surface area contributed by atoms with E-state index in [9.17, 15) is 18.8 Å². The molecule has 37 heavy (non-hydrogen) atoms. The van der Waals surface area contributed by atoms with E-state index in [1.54, 1.807) is 35.2 Å². The molecule has 2 aliphatic rings. The molecule has 0 atom stereocenters. The maximum Gasteiger partial charge on any atom is 0.294 e. The molecule has 0 radical (unpaired) electrons. The summed E-state index contributed by atoms with van der Waals surface area (Å²) in [5, 5.41) is -0.460. The van der Waals surface area contributed by atoms with E-state index in [0.29, 0.717) is 46.8 Å². The van der Waals surface area contributed by atoms with E-state index in [4.69, 9.17) is 9.47 Å². The summed E-state index contributed by atoms with van der Waals surface area (Å²) in [5.41, 5.74) is 1.29. The van der Waals surface area contributed by atoms with Gasteiger partial charge in [0.05, 0.1) is 16.0 Å². The molecule has 0 saturated carbocycles. The van der Waals surface area contributed by atoms with Crippen LogP contribution >= 0.6 is 27.7 Å². The maximum absolute atomic E-state index is 13.5. The predicted octanol–water partition coefficient (Wildman–Crippen LogP) is 6.00. The minimum absolute atomic E-state index is 0.139. The number of nitrogens with zero attached hydrogens (tertiary/aromatic N) is 2. The molecule has 2 aliphatic heterocycles. The second-order valence-electron chi connectivity index (χ2n) is 8.74. The van der Waals surface area contributed by atoms with Crippen LogP contribution in [0.2, 0.25) is 0 Å². The van der Waals surface area contributed by atoms with Crippen molar-refractivity contribution >= 4 is 50.8 Å². The molecule has 2 saturated heterocycles. The number of ether oxygens (including phenoxy) is 2. The van der Waals surface area contributed by atoms with Crippen molar-refractivity contribution in [3.63, 3.8) is 0 Å². The number of thioether (sulfide) groups is 1. The molecule has 10 heteroatoms. The van der Waals surface area contributed by atoms with Gasteiger partial charge in [0, 0.05) is 13.1 Å². The van der Waals surface area contributed by atoms with Gasteiger partial charge in [-0.05, 0) is 88.9 Å². The Labute approximate surface area is 228 Å². The van der Waals surface area contributed by atoms with E-state index in [2.05, 4.69) is 15.9 Å². The van der Waals surface area contributed by atoms with Crippen LogP contribution in [0.3, 0.4) is 0 Å². The van der Waals surface area contributed by atoms with Gasteiger partial charge in [0.25, 0.3) is 11.1 Å². The molecule has 3 amide bonds. The lowest BCUT2D eigenvalue weighted by atomic mass is 10.1. The van der Waals surface area contributed by atoms with Crippen LogP contribution < -0.4 is 9.47 Å². The molecule has 2 heterocycles. The normalized spacial score (nSPS) is 17.3. The number of halogens is 2. The van der Waals surface area contributed by atoms with Gasteiger partial charge in [0.2, 0.25) is 5.91 Å². The molecule has 0 N–H and O–H groups in total. The highest BCUT2D eigenvalue weighted by Gasteiger charge is 2.37. The van der Waals surface area contributed by atoms with Crippen LogP contribution in [0.4, 0.5) is 9.18 Å². The quantitative estimate of drug-likeness (QED) is 0.351. The maximum atomic E-state index is 13.5. The van der Waals surface area contributed by atoms with Crippen molar-refractivity contribution in [1.82, 2.24) is 9.80 Å². The molecule has 0 bridgehead atoms. The zero-order chi connectivity index (χ0) is 26.4. The lowest BCUT2D eigenvalue weighted by Gasteiger charge is -2.22. The van der Waals surface area contributed by atoms with Crippen molar-refractivity contribution in [1.29, 1.82) is 0 Å². The molecule has 7 nitrogen and oxygen atoms in total. The summed E-state index contributed by atoms with van der Waals surface area (Å²) in [5.74, 6) is -0.151. The summed E-state index contributed by atoms with van der Waals surface area (Å²) in [6, 6.07) is 9.61. The second-order valence-corrected chi connectivity index (χ2v) is 10.6. The summed E-state index contributed by atoms with van der Waals surface area (Å²) >= 11 is 4.31. The molecule has 2 fully saturated rings. The van der Waals surface area contributed by atoms with Gasteiger partial charge in [0.15, 0.2) is 11.5 Å². The number of benzene rings is 2. The highest BCUT2D eigenvalue weighted by Crippen LogP contribution is 2.39.